The molecule has 0 spiro atoms. The number of carbonyl (C=O) groups is 2. The van der Waals surface area contributed by atoms with Gasteiger partial charge in [-0.1, -0.05) is 0 Å². The number of hydrogen-bond donors (Lipinski definition) is 1. The third-order valence-electron chi connectivity index (χ3n) is 3.53. The van der Waals surface area contributed by atoms with Gasteiger partial charge in [0.05, 0.1) is 0 Å². The Bertz CT molecular complexity index is 490. The van der Waals surface area contributed by atoms with Crippen LogP contribution in [0.1, 0.15) is 42.6 Å². The lowest BCUT2D eigenvalue weighted by atomic mass is 9.97. The van der Waals surface area contributed by atoms with Crippen molar-refractivity contribution in [2.45, 2.75) is 38.1 Å². The molecule has 1 aliphatic heterocycles. The van der Waals surface area contributed by atoms with Gasteiger partial charge in [-0.15, -0.1) is 0 Å². The predicted octanol–water partition coefficient (Wildman–Crippen LogP) is 2.70. The fourth-order valence-electron chi connectivity index (χ4n) is 2.51. The first-order valence-corrected chi connectivity index (χ1v) is 7.51. The van der Waals surface area contributed by atoms with Gasteiger partial charge in [-0.2, -0.15) is 0 Å². The van der Waals surface area contributed by atoms with E-state index in [4.69, 9.17) is 5.11 Å². The van der Waals surface area contributed by atoms with Crippen molar-refractivity contribution in [1.82, 2.24) is 9.88 Å². The molecule has 2 rings (SSSR count). The molecule has 1 aliphatic rings. The van der Waals surface area contributed by atoms with Crippen molar-refractivity contribution in [2.24, 2.45) is 0 Å². The molecule has 2 heterocycles. The minimum absolute atomic E-state index is 0.0118. The van der Waals surface area contributed by atoms with Crippen molar-refractivity contribution in [3.8, 4) is 0 Å². The molecule has 1 aromatic heterocycles. The second-order valence-electron chi connectivity index (χ2n) is 4.94. The molecule has 0 aliphatic carbocycles. The van der Waals surface area contributed by atoms with Gasteiger partial charge in [0.2, 0.25) is 0 Å². The van der Waals surface area contributed by atoms with Crippen LogP contribution in [0.3, 0.4) is 0 Å². The van der Waals surface area contributed by atoms with Crippen LogP contribution in [0.2, 0.25) is 0 Å². The van der Waals surface area contributed by atoms with Crippen LogP contribution < -0.4 is 0 Å². The van der Waals surface area contributed by atoms with Crippen LogP contribution in [0.5, 0.6) is 0 Å². The van der Waals surface area contributed by atoms with Gasteiger partial charge >= 0.3 is 5.97 Å². The lowest BCUT2D eigenvalue weighted by molar-refractivity contribution is -0.137. The zero-order chi connectivity index (χ0) is 14.5. The van der Waals surface area contributed by atoms with E-state index in [1.54, 1.807) is 23.2 Å². The maximum atomic E-state index is 12.5. The van der Waals surface area contributed by atoms with Crippen molar-refractivity contribution in [3.63, 3.8) is 0 Å². The molecule has 0 radical (unpaired) electrons. The summed E-state index contributed by atoms with van der Waals surface area (Å²) in [5.74, 6) is -0.919. The summed E-state index contributed by atoms with van der Waals surface area (Å²) in [6, 6.07) is 3.49. The van der Waals surface area contributed by atoms with Gasteiger partial charge in [0.15, 0.2) is 0 Å². The number of carbonyl (C=O) groups excluding carboxylic acids is 1. The van der Waals surface area contributed by atoms with E-state index in [0.717, 1.165) is 23.7 Å². The molecule has 108 valence electrons. The monoisotopic (exact) mass is 340 g/mol. The highest BCUT2D eigenvalue weighted by Crippen LogP contribution is 2.23. The van der Waals surface area contributed by atoms with Crippen molar-refractivity contribution in [2.75, 3.05) is 6.54 Å². The van der Waals surface area contributed by atoms with Crippen molar-refractivity contribution < 1.29 is 14.7 Å². The largest absolute Gasteiger partial charge is 0.481 e. The first-order valence-electron chi connectivity index (χ1n) is 6.72. The summed E-state index contributed by atoms with van der Waals surface area (Å²) in [5.41, 5.74) is 0.412. The van der Waals surface area contributed by atoms with Crippen molar-refractivity contribution in [1.29, 1.82) is 0 Å². The lowest BCUT2D eigenvalue weighted by Gasteiger charge is -2.35. The molecule has 1 atom stereocenters. The molecule has 20 heavy (non-hydrogen) atoms. The smallest absolute Gasteiger partial charge is 0.303 e. The van der Waals surface area contributed by atoms with Gasteiger partial charge in [0.1, 0.15) is 5.69 Å². The molecule has 1 saturated heterocycles. The van der Waals surface area contributed by atoms with E-state index >= 15 is 0 Å². The summed E-state index contributed by atoms with van der Waals surface area (Å²) in [7, 11) is 0. The van der Waals surface area contributed by atoms with Crippen LogP contribution in [-0.4, -0.2) is 39.5 Å². The Kier molecular flexibility index (Phi) is 5.11. The van der Waals surface area contributed by atoms with E-state index in [2.05, 4.69) is 20.9 Å². The summed E-state index contributed by atoms with van der Waals surface area (Å²) < 4.78 is 0.829. The highest BCUT2D eigenvalue weighted by atomic mass is 79.9. The number of pyridine rings is 1. The molecule has 6 heteroatoms. The van der Waals surface area contributed by atoms with E-state index in [-0.39, 0.29) is 18.4 Å². The number of piperidine rings is 1. The Balaban J connectivity index is 2.08. The topological polar surface area (TPSA) is 70.5 Å². The standard InChI is InChI=1S/C14H17BrN2O3/c15-10-4-6-12(16-9-10)14(20)17-8-2-1-3-11(17)5-7-13(18)19/h4,6,9,11H,1-3,5,7-8H2,(H,18,19)/t11-/m1/s1. The fraction of sp³-hybridized carbons (Fsp3) is 0.500. The molecule has 1 N–H and O–H groups in total. The zero-order valence-electron chi connectivity index (χ0n) is 11.1. The molecule has 1 amide bonds. The van der Waals surface area contributed by atoms with Gasteiger partial charge in [0, 0.05) is 29.7 Å². The van der Waals surface area contributed by atoms with Crippen LogP contribution in [-0.2, 0) is 4.79 Å². The molecule has 0 saturated carbocycles. The van der Waals surface area contributed by atoms with Gasteiger partial charge in [0.25, 0.3) is 5.91 Å². The predicted molar refractivity (Wildman–Crippen MR) is 77.5 cm³/mol. The molecule has 1 fully saturated rings. The zero-order valence-corrected chi connectivity index (χ0v) is 12.7. The first-order chi connectivity index (χ1) is 9.58. The van der Waals surface area contributed by atoms with Gasteiger partial charge in [-0.05, 0) is 53.7 Å². The number of nitrogens with zero attached hydrogens (tertiary/aromatic N) is 2. The Labute approximate surface area is 126 Å². The van der Waals surface area contributed by atoms with Crippen LogP contribution >= 0.6 is 15.9 Å². The van der Waals surface area contributed by atoms with Crippen LogP contribution in [0.4, 0.5) is 0 Å². The third-order valence-corrected chi connectivity index (χ3v) is 4.00. The number of carboxylic acid groups (broad SMARTS) is 1. The molecule has 0 aromatic carbocycles. The van der Waals surface area contributed by atoms with Gasteiger partial charge < -0.3 is 10.0 Å². The number of hydrogen-bond acceptors (Lipinski definition) is 3. The number of carboxylic acids is 1. The highest BCUT2D eigenvalue weighted by Gasteiger charge is 2.28. The Hall–Kier alpha value is -1.43. The molecular weight excluding hydrogens is 324 g/mol. The highest BCUT2D eigenvalue weighted by molar-refractivity contribution is 9.10. The van der Waals surface area contributed by atoms with Gasteiger partial charge in [-0.3, -0.25) is 9.59 Å². The first kappa shape index (κ1) is 15.0. The average molecular weight is 341 g/mol. The summed E-state index contributed by atoms with van der Waals surface area (Å²) in [6.45, 7) is 0.681. The number of aromatic nitrogens is 1. The Morgan fingerprint density at radius 2 is 2.20 bits per heavy atom. The van der Waals surface area contributed by atoms with E-state index in [1.807, 2.05) is 0 Å². The summed E-state index contributed by atoms with van der Waals surface area (Å²) in [5, 5.41) is 8.80. The number of halogens is 1. The molecule has 5 nitrogen and oxygen atoms in total. The van der Waals surface area contributed by atoms with E-state index in [0.29, 0.717) is 18.7 Å². The summed E-state index contributed by atoms with van der Waals surface area (Å²) in [4.78, 5) is 29.1. The number of rotatable bonds is 4. The van der Waals surface area contributed by atoms with E-state index in [1.165, 1.54) is 0 Å². The minimum Gasteiger partial charge on any atom is -0.481 e. The average Bonchev–Trinajstić information content (AvgIpc) is 2.45. The minimum atomic E-state index is -0.815. The molecule has 0 unspecified atom stereocenters. The second kappa shape index (κ2) is 6.83. The Morgan fingerprint density at radius 1 is 1.40 bits per heavy atom. The third kappa shape index (κ3) is 3.79. The Morgan fingerprint density at radius 3 is 2.85 bits per heavy atom. The van der Waals surface area contributed by atoms with Crippen molar-refractivity contribution >= 4 is 27.8 Å². The molecule has 0 bridgehead atoms. The van der Waals surface area contributed by atoms with Crippen molar-refractivity contribution in [3.05, 3.63) is 28.5 Å². The van der Waals surface area contributed by atoms with E-state index in [9.17, 15) is 9.59 Å². The summed E-state index contributed by atoms with van der Waals surface area (Å²) >= 11 is 3.29. The summed E-state index contributed by atoms with van der Waals surface area (Å²) in [6.07, 6.45) is 5.09. The SMILES string of the molecule is O=C(O)CC[C@H]1CCCCN1C(=O)c1ccc(Br)cn1. The van der Waals surface area contributed by atoms with Crippen LogP contribution in [0.25, 0.3) is 0 Å². The normalized spacial score (nSPS) is 18.9. The number of aliphatic carboxylic acids is 1. The quantitative estimate of drug-likeness (QED) is 0.914. The molecule has 1 aromatic rings. The van der Waals surface area contributed by atoms with Crippen LogP contribution in [0, 0.1) is 0 Å². The maximum Gasteiger partial charge on any atom is 0.303 e. The second-order valence-corrected chi connectivity index (χ2v) is 5.86. The maximum absolute atomic E-state index is 12.5. The van der Waals surface area contributed by atoms with Crippen LogP contribution in [0.15, 0.2) is 22.8 Å². The number of amides is 1. The number of likely N-dealkylation sites (tertiary alicyclic amines) is 1. The fourth-order valence-corrected chi connectivity index (χ4v) is 2.74. The molecular formula is C14H17BrN2O3. The van der Waals surface area contributed by atoms with E-state index < -0.39 is 5.97 Å². The van der Waals surface area contributed by atoms with Gasteiger partial charge in [-0.25, -0.2) is 4.98 Å². The lowest BCUT2D eigenvalue weighted by Crippen LogP contribution is -2.44.